The minimum absolute atomic E-state index is 0.0171. The molecule has 1 unspecified atom stereocenters. The molecule has 2 aromatic heterocycles. The van der Waals surface area contributed by atoms with Gasteiger partial charge < -0.3 is 18.9 Å². The Balaban J connectivity index is 1.61. The van der Waals surface area contributed by atoms with Crippen molar-refractivity contribution in [1.82, 2.24) is 14.6 Å². The topological polar surface area (TPSA) is 84.2 Å². The summed E-state index contributed by atoms with van der Waals surface area (Å²) < 4.78 is 37.0. The summed E-state index contributed by atoms with van der Waals surface area (Å²) in [4.78, 5) is 18.1. The molecule has 1 aliphatic carbocycles. The smallest absolute Gasteiger partial charge is 0.203 e. The van der Waals surface area contributed by atoms with Gasteiger partial charge in [0.25, 0.3) is 0 Å². The number of carbonyl (C=O) groups excluding carboxylic acids is 1. The number of ether oxygens (including phenoxy) is 4. The fourth-order valence-corrected chi connectivity index (χ4v) is 4.80. The van der Waals surface area contributed by atoms with Gasteiger partial charge in [0, 0.05) is 19.7 Å². The molecule has 2 heterocycles. The maximum Gasteiger partial charge on any atom is 0.203 e. The Labute approximate surface area is 207 Å². The number of hydrogen-bond acceptors (Lipinski definition) is 7. The second kappa shape index (κ2) is 9.58. The van der Waals surface area contributed by atoms with Crippen LogP contribution in [0.15, 0.2) is 42.6 Å². The van der Waals surface area contributed by atoms with Crippen LogP contribution in [0.5, 0.6) is 17.2 Å². The van der Waals surface area contributed by atoms with Crippen molar-refractivity contribution in [1.29, 1.82) is 0 Å². The highest BCUT2D eigenvalue weighted by atomic mass is 19.1. The van der Waals surface area contributed by atoms with Crippen molar-refractivity contribution >= 4 is 11.4 Å². The van der Waals surface area contributed by atoms with Gasteiger partial charge in [0.1, 0.15) is 5.82 Å². The fourth-order valence-electron chi connectivity index (χ4n) is 4.80. The number of fused-ring (bicyclic) bond motifs is 2. The first-order chi connectivity index (χ1) is 17.5. The van der Waals surface area contributed by atoms with Gasteiger partial charge in [0.15, 0.2) is 22.9 Å². The van der Waals surface area contributed by atoms with Gasteiger partial charge in [-0.1, -0.05) is 12.1 Å². The molecule has 186 valence electrons. The van der Waals surface area contributed by atoms with Crippen molar-refractivity contribution in [2.45, 2.75) is 25.4 Å². The van der Waals surface area contributed by atoms with Gasteiger partial charge >= 0.3 is 0 Å². The average Bonchev–Trinajstić information content (AvgIpc) is 3.24. The maximum absolute atomic E-state index is 13.6. The molecule has 1 atom stereocenters. The molecule has 0 saturated carbocycles. The highest BCUT2D eigenvalue weighted by Crippen LogP contribution is 2.43. The van der Waals surface area contributed by atoms with Crippen molar-refractivity contribution in [3.63, 3.8) is 0 Å². The van der Waals surface area contributed by atoms with Gasteiger partial charge in [-0.2, -0.15) is 5.10 Å². The average molecular weight is 492 g/mol. The number of benzene rings is 2. The Kier molecular flexibility index (Phi) is 6.32. The zero-order valence-electron chi connectivity index (χ0n) is 20.5. The molecule has 5 rings (SSSR count). The molecular formula is C27H26FN3O5. The Hall–Kier alpha value is -3.98. The van der Waals surface area contributed by atoms with E-state index in [1.54, 1.807) is 51.3 Å². The zero-order valence-corrected chi connectivity index (χ0v) is 20.5. The first kappa shape index (κ1) is 23.7. The lowest BCUT2D eigenvalue weighted by Gasteiger charge is -2.24. The molecule has 0 amide bonds. The molecule has 2 aromatic carbocycles. The standard InChI is InChI=1S/C27H26FN3O5/c1-33-14-21-25(15-5-7-18(28)8-6-15)27-29-20-9-16(10-22(32)19(20)13-31(27)30-21)17-11-23(34-2)26(36-4)24(12-17)35-3/h5-8,11-13,16H,9-10,14H2,1-4H3. The van der Waals surface area contributed by atoms with Gasteiger partial charge in [-0.25, -0.2) is 13.9 Å². The molecule has 0 aliphatic heterocycles. The lowest BCUT2D eigenvalue weighted by molar-refractivity contribution is 0.0962. The Bertz CT molecular complexity index is 1420. The number of halogens is 1. The van der Waals surface area contributed by atoms with E-state index < -0.39 is 0 Å². The molecule has 4 aromatic rings. The summed E-state index contributed by atoms with van der Waals surface area (Å²) in [5.74, 6) is 1.10. The maximum atomic E-state index is 13.6. The molecule has 36 heavy (non-hydrogen) atoms. The minimum Gasteiger partial charge on any atom is -0.493 e. The van der Waals surface area contributed by atoms with Crippen LogP contribution in [0.4, 0.5) is 4.39 Å². The van der Waals surface area contributed by atoms with Crippen LogP contribution in [0.3, 0.4) is 0 Å². The number of nitrogens with zero attached hydrogens (tertiary/aromatic N) is 3. The van der Waals surface area contributed by atoms with E-state index in [1.807, 2.05) is 12.1 Å². The van der Waals surface area contributed by atoms with Crippen LogP contribution in [0.2, 0.25) is 0 Å². The minimum atomic E-state index is -0.326. The third-order valence-corrected chi connectivity index (χ3v) is 6.51. The Morgan fingerprint density at radius 2 is 1.69 bits per heavy atom. The number of aromatic nitrogens is 3. The van der Waals surface area contributed by atoms with Crippen molar-refractivity contribution < 1.29 is 28.1 Å². The predicted molar refractivity (Wildman–Crippen MR) is 131 cm³/mol. The molecule has 0 saturated heterocycles. The van der Waals surface area contributed by atoms with Crippen LogP contribution in [0.25, 0.3) is 16.8 Å². The Morgan fingerprint density at radius 3 is 2.31 bits per heavy atom. The van der Waals surface area contributed by atoms with Gasteiger partial charge in [-0.05, 0) is 47.7 Å². The third kappa shape index (κ3) is 4.05. The number of Topliss-reactive ketones (excluding diaryl/α,β-unsaturated/α-hetero) is 1. The molecule has 0 bridgehead atoms. The number of hydrogen-bond donors (Lipinski definition) is 0. The third-order valence-electron chi connectivity index (χ3n) is 6.51. The van der Waals surface area contributed by atoms with E-state index in [-0.39, 0.29) is 24.1 Å². The quantitative estimate of drug-likeness (QED) is 0.373. The predicted octanol–water partition coefficient (Wildman–Crippen LogP) is 4.62. The summed E-state index contributed by atoms with van der Waals surface area (Å²) in [5, 5.41) is 4.62. The van der Waals surface area contributed by atoms with Crippen LogP contribution in [-0.4, -0.2) is 48.8 Å². The number of rotatable bonds is 7. The van der Waals surface area contributed by atoms with Crippen LogP contribution >= 0.6 is 0 Å². The summed E-state index contributed by atoms with van der Waals surface area (Å²) in [6.45, 7) is 0.253. The van der Waals surface area contributed by atoms with Gasteiger partial charge in [-0.15, -0.1) is 0 Å². The summed E-state index contributed by atoms with van der Waals surface area (Å²) in [6, 6.07) is 9.94. The highest BCUT2D eigenvalue weighted by Gasteiger charge is 2.31. The molecule has 0 spiro atoms. The van der Waals surface area contributed by atoms with Crippen LogP contribution in [0.1, 0.15) is 39.6 Å². The Morgan fingerprint density at radius 1 is 1.00 bits per heavy atom. The van der Waals surface area contributed by atoms with Gasteiger partial charge in [0.05, 0.1) is 50.5 Å². The highest BCUT2D eigenvalue weighted by molar-refractivity contribution is 5.99. The summed E-state index contributed by atoms with van der Waals surface area (Å²) >= 11 is 0. The van der Waals surface area contributed by atoms with E-state index >= 15 is 0 Å². The van der Waals surface area contributed by atoms with E-state index in [4.69, 9.17) is 23.9 Å². The molecule has 1 aliphatic rings. The monoisotopic (exact) mass is 491 g/mol. The molecule has 0 radical (unpaired) electrons. The molecular weight excluding hydrogens is 465 g/mol. The number of methoxy groups -OCH3 is 4. The van der Waals surface area contributed by atoms with Crippen LogP contribution < -0.4 is 14.2 Å². The van der Waals surface area contributed by atoms with Crippen molar-refractivity contribution in [3.8, 4) is 28.4 Å². The summed E-state index contributed by atoms with van der Waals surface area (Å²) in [5.41, 5.74) is 4.90. The number of ketones is 1. The van der Waals surface area contributed by atoms with E-state index in [9.17, 15) is 9.18 Å². The normalized spacial score (nSPS) is 15.1. The zero-order chi connectivity index (χ0) is 25.4. The summed E-state index contributed by atoms with van der Waals surface area (Å²) in [6.07, 6.45) is 2.59. The van der Waals surface area contributed by atoms with Gasteiger partial charge in [-0.3, -0.25) is 4.79 Å². The largest absolute Gasteiger partial charge is 0.493 e. The SMILES string of the molecule is COCc1nn2cc3c(nc2c1-c1ccc(F)cc1)CC(c1cc(OC)c(OC)c(OC)c1)CC3=O. The second-order valence-electron chi connectivity index (χ2n) is 8.62. The van der Waals surface area contributed by atoms with E-state index in [0.717, 1.165) is 16.7 Å². The van der Waals surface area contributed by atoms with E-state index in [1.165, 1.54) is 12.1 Å². The fraction of sp³-hybridized carbons (Fsp3) is 0.296. The van der Waals surface area contributed by atoms with E-state index in [2.05, 4.69) is 5.10 Å². The lowest BCUT2D eigenvalue weighted by Crippen LogP contribution is -2.21. The van der Waals surface area contributed by atoms with Crippen molar-refractivity contribution in [2.24, 2.45) is 0 Å². The first-order valence-electron chi connectivity index (χ1n) is 11.5. The lowest BCUT2D eigenvalue weighted by atomic mass is 9.82. The van der Waals surface area contributed by atoms with Crippen LogP contribution in [0, 0.1) is 5.82 Å². The van der Waals surface area contributed by atoms with E-state index in [0.29, 0.717) is 52.7 Å². The van der Waals surface area contributed by atoms with Crippen molar-refractivity contribution in [2.75, 3.05) is 28.4 Å². The molecule has 0 N–H and O–H groups in total. The molecule has 9 heteroatoms. The van der Waals surface area contributed by atoms with Gasteiger partial charge in [0.2, 0.25) is 5.75 Å². The van der Waals surface area contributed by atoms with Crippen molar-refractivity contribution in [3.05, 3.63) is 70.9 Å². The first-order valence-corrected chi connectivity index (χ1v) is 11.5. The second-order valence-corrected chi connectivity index (χ2v) is 8.62. The van der Waals surface area contributed by atoms with Crippen LogP contribution in [-0.2, 0) is 17.8 Å². The summed E-state index contributed by atoms with van der Waals surface area (Å²) in [7, 11) is 6.27. The number of carbonyl (C=O) groups is 1. The molecule has 0 fully saturated rings. The molecule has 8 nitrogen and oxygen atoms in total.